The van der Waals surface area contributed by atoms with Crippen LogP contribution >= 0.6 is 11.8 Å². The molecular weight excluding hydrogens is 730 g/mol. The van der Waals surface area contributed by atoms with Gasteiger partial charge in [0.15, 0.2) is 0 Å². The van der Waals surface area contributed by atoms with E-state index in [4.69, 9.17) is 4.74 Å². The van der Waals surface area contributed by atoms with Crippen molar-refractivity contribution in [3.05, 3.63) is 40.7 Å². The molecule has 1 aromatic rings. The molecule has 1 heterocycles. The average Bonchev–Trinajstić information content (AvgIpc) is 3.31. The molecule has 0 spiro atoms. The van der Waals surface area contributed by atoms with E-state index in [0.717, 1.165) is 47.1 Å². The van der Waals surface area contributed by atoms with E-state index in [0.29, 0.717) is 13.0 Å². The molecule has 4 N–H and O–H groups in total. The van der Waals surface area contributed by atoms with Crippen molar-refractivity contribution in [1.29, 1.82) is 0 Å². The number of unbranched alkanes of at least 4 members (excludes halogenated alkanes) is 2. The first-order chi connectivity index (χ1) is 23.0. The van der Waals surface area contributed by atoms with Crippen LogP contribution in [0.15, 0.2) is 24.3 Å². The van der Waals surface area contributed by atoms with Gasteiger partial charge in [0.2, 0.25) is 35.4 Å². The molecule has 7 amide bonds. The van der Waals surface area contributed by atoms with Crippen LogP contribution in [0, 0.1) is 0 Å². The van der Waals surface area contributed by atoms with Crippen LogP contribution in [0.1, 0.15) is 58.0 Å². The summed E-state index contributed by atoms with van der Waals surface area (Å²) in [5.74, 6) is -2.52. The van der Waals surface area contributed by atoms with Gasteiger partial charge in [-0.3, -0.25) is 33.7 Å². The van der Waals surface area contributed by atoms with E-state index in [9.17, 15) is 38.4 Å². The molecule has 15 nitrogen and oxygen atoms in total. The summed E-state index contributed by atoms with van der Waals surface area (Å²) in [7, 11) is 1.53. The summed E-state index contributed by atoms with van der Waals surface area (Å²) in [6.07, 6.45) is 3.14. The maximum Gasteiger partial charge on any atom is 1.00 e. The van der Waals surface area contributed by atoms with Gasteiger partial charge in [0.05, 0.1) is 36.5 Å². The molecule has 0 aromatic heterocycles. The maximum atomic E-state index is 12.6. The predicted octanol–water partition coefficient (Wildman–Crippen LogP) is -2.61. The first-order valence-electron chi connectivity index (χ1n) is 15.8. The Balaban J connectivity index is 0.0000120. The van der Waals surface area contributed by atoms with Gasteiger partial charge < -0.3 is 40.9 Å². The second-order valence-corrected chi connectivity index (χ2v) is 12.3. The van der Waals surface area contributed by atoms with Crippen LogP contribution in [0.2, 0.25) is 0 Å². The summed E-state index contributed by atoms with van der Waals surface area (Å²) >= 11 is 1.06. The third-order valence-electron chi connectivity index (χ3n) is 7.02. The molecule has 2 rings (SSSR count). The fourth-order valence-corrected chi connectivity index (χ4v) is 5.36. The van der Waals surface area contributed by atoms with E-state index in [-0.39, 0.29) is 141 Å². The molecule has 17 heteroatoms. The van der Waals surface area contributed by atoms with Crippen LogP contribution in [0.25, 0.3) is 5.32 Å². The first-order valence-corrected chi connectivity index (χ1v) is 16.8. The fourth-order valence-electron chi connectivity index (χ4n) is 4.38. The summed E-state index contributed by atoms with van der Waals surface area (Å²) < 4.78 is 5.26. The number of rotatable bonds is 23. The molecule has 1 aromatic carbocycles. The van der Waals surface area contributed by atoms with Gasteiger partial charge in [-0.25, -0.2) is 0 Å². The molecule has 1 saturated heterocycles. The number of imide groups is 1. The average molecular weight is 777 g/mol. The van der Waals surface area contributed by atoms with Gasteiger partial charge in [-0.2, -0.15) is 0 Å². The standard InChI is InChI=1S/C32H46N6O9S.Rb.H2/c1-22(39)6-4-3-5-12-34-30(44)21-48-25-17-31(45)38(32(25)46)19-28(42)36-14-15-47-20-29(43)37-18-24-9-7-23(8-10-24)16-27(41)35-13-11-26(40)33-2;;/h7-10,25H,3-6,11-21H2,1-2H3,(H5,33,34,35,36,37,40,41,42,43,44);;1H/q;+1;/p-1. The third-order valence-corrected chi connectivity index (χ3v) is 8.22. The number of thioether (sulfide) groups is 1. The number of amides is 7. The Labute approximate surface area is 341 Å². The molecule has 1 atom stereocenters. The van der Waals surface area contributed by atoms with Gasteiger partial charge in [-0.05, 0) is 25.3 Å². The molecule has 1 aliphatic rings. The van der Waals surface area contributed by atoms with Crippen LogP contribution in [0.4, 0.5) is 0 Å². The number of hydrogen-bond donors (Lipinski definition) is 4. The van der Waals surface area contributed by atoms with Crippen LogP contribution in [0.3, 0.4) is 0 Å². The minimum atomic E-state index is -0.735. The SMILES string of the molecule is CNC(=O)CCNC(=O)Cc1ccc(C[N-]C(=O)COCCNC(=O)CN2C(=O)CC(SCC(=O)NCCCCCC(C)=O)C2=O)cc1.[HH].[Rb+]. The number of benzene rings is 1. The number of ketones is 1. The number of Topliss-reactive ketones (excluding diaryl/α,β-unsaturated/α-hetero) is 1. The Morgan fingerprint density at radius 1 is 0.878 bits per heavy atom. The quantitative estimate of drug-likeness (QED) is 0.0672. The largest absolute Gasteiger partial charge is 1.00 e. The van der Waals surface area contributed by atoms with Gasteiger partial charge in [-0.15, -0.1) is 18.3 Å². The molecule has 1 unspecified atom stereocenters. The number of likely N-dealkylation sites (tertiary alicyclic amines) is 1. The minimum absolute atomic E-state index is 0. The van der Waals surface area contributed by atoms with Crippen LogP contribution in [-0.2, 0) is 56.1 Å². The zero-order valence-corrected chi connectivity index (χ0v) is 34.2. The third kappa shape index (κ3) is 19.5. The predicted molar refractivity (Wildman–Crippen MR) is 180 cm³/mol. The molecule has 0 saturated carbocycles. The number of nitrogens with zero attached hydrogens (tertiary/aromatic N) is 2. The van der Waals surface area contributed by atoms with Crippen LogP contribution in [0.5, 0.6) is 0 Å². The zero-order valence-electron chi connectivity index (χ0n) is 28.5. The molecule has 266 valence electrons. The van der Waals surface area contributed by atoms with E-state index in [1.807, 2.05) is 0 Å². The van der Waals surface area contributed by atoms with Crippen molar-refractivity contribution in [2.45, 2.75) is 63.7 Å². The Morgan fingerprint density at radius 2 is 1.55 bits per heavy atom. The molecule has 49 heavy (non-hydrogen) atoms. The Hall–Kier alpha value is -2.50. The normalized spacial score (nSPS) is 13.7. The fraction of sp³-hybridized carbons (Fsp3) is 0.562. The van der Waals surface area contributed by atoms with Crippen LogP contribution < -0.4 is 79.5 Å². The number of nitrogens with one attached hydrogen (secondary N) is 4. The summed E-state index contributed by atoms with van der Waals surface area (Å²) in [5.41, 5.74) is 1.54. The van der Waals surface area contributed by atoms with Crippen molar-refractivity contribution in [3.8, 4) is 0 Å². The van der Waals surface area contributed by atoms with Crippen LogP contribution in [-0.4, -0.2) is 109 Å². The van der Waals surface area contributed by atoms with Gasteiger partial charge in [-0.1, -0.05) is 36.2 Å². The first kappa shape index (κ1) is 44.5. The minimum Gasteiger partial charge on any atom is -0.648 e. The number of carbonyl (C=O) groups is 8. The van der Waals surface area contributed by atoms with Gasteiger partial charge in [0.25, 0.3) is 0 Å². The van der Waals surface area contributed by atoms with E-state index in [2.05, 4.69) is 26.6 Å². The van der Waals surface area contributed by atoms with Gasteiger partial charge in [0, 0.05) is 47.4 Å². The van der Waals surface area contributed by atoms with Crippen molar-refractivity contribution >= 4 is 58.9 Å². The number of carbonyl (C=O) groups excluding carboxylic acids is 8. The molecule has 0 radical (unpaired) electrons. The molecule has 1 aliphatic heterocycles. The van der Waals surface area contributed by atoms with Crippen molar-refractivity contribution < 1.29 is 103 Å². The topological polar surface area (TPSA) is 211 Å². The van der Waals surface area contributed by atoms with E-state index < -0.39 is 35.4 Å². The number of hydrogen-bond acceptors (Lipinski definition) is 10. The molecule has 1 fully saturated rings. The Bertz CT molecular complexity index is 1310. The summed E-state index contributed by atoms with van der Waals surface area (Å²) in [4.78, 5) is 96.4. The summed E-state index contributed by atoms with van der Waals surface area (Å²) in [6.45, 7) is 1.72. The zero-order chi connectivity index (χ0) is 35.3. The Kier molecular flexibility index (Phi) is 23.1. The van der Waals surface area contributed by atoms with E-state index in [1.54, 1.807) is 31.2 Å². The smallest absolute Gasteiger partial charge is 0.648 e. The van der Waals surface area contributed by atoms with Crippen molar-refractivity contribution in [2.75, 3.05) is 52.2 Å². The maximum absolute atomic E-state index is 12.6. The molecular formula is C32H47N6O9RbS. The second kappa shape index (κ2) is 25.4. The van der Waals surface area contributed by atoms with Crippen molar-refractivity contribution in [1.82, 2.24) is 26.2 Å². The monoisotopic (exact) mass is 776 g/mol. The summed E-state index contributed by atoms with van der Waals surface area (Å²) in [6, 6.07) is 7.05. The molecule has 0 aliphatic carbocycles. The van der Waals surface area contributed by atoms with E-state index >= 15 is 0 Å². The molecule has 0 bridgehead atoms. The number of ether oxygens (including phenoxy) is 1. The van der Waals surface area contributed by atoms with Gasteiger partial charge in [0.1, 0.15) is 12.3 Å². The van der Waals surface area contributed by atoms with Gasteiger partial charge >= 0.3 is 58.2 Å². The summed E-state index contributed by atoms with van der Waals surface area (Å²) in [5, 5.41) is 13.7. The van der Waals surface area contributed by atoms with Crippen molar-refractivity contribution in [3.63, 3.8) is 0 Å². The van der Waals surface area contributed by atoms with E-state index in [1.165, 1.54) is 7.05 Å². The van der Waals surface area contributed by atoms with Crippen molar-refractivity contribution in [2.24, 2.45) is 0 Å². The second-order valence-electron chi connectivity index (χ2n) is 11.1. The Morgan fingerprint density at radius 3 is 2.24 bits per heavy atom.